The molecule has 0 spiro atoms. The molecule has 1 aliphatic carbocycles. The van der Waals surface area contributed by atoms with Crippen molar-refractivity contribution in [3.63, 3.8) is 0 Å². The second-order valence-electron chi connectivity index (χ2n) is 11.5. The first-order valence-corrected chi connectivity index (χ1v) is 16.3. The number of ether oxygens (including phenoxy) is 3. The Kier molecular flexibility index (Phi) is 12.1. The summed E-state index contributed by atoms with van der Waals surface area (Å²) in [5.41, 5.74) is 1.42. The van der Waals surface area contributed by atoms with Crippen LogP contribution in [-0.4, -0.2) is 70.0 Å². The third-order valence-electron chi connectivity index (χ3n) is 6.84. The van der Waals surface area contributed by atoms with E-state index in [2.05, 4.69) is 25.3 Å². The third kappa shape index (κ3) is 9.70. The van der Waals surface area contributed by atoms with Gasteiger partial charge >= 0.3 is 6.09 Å². The van der Waals surface area contributed by atoms with Gasteiger partial charge in [0.2, 0.25) is 5.95 Å². The summed E-state index contributed by atoms with van der Waals surface area (Å²) >= 11 is 6.24. The van der Waals surface area contributed by atoms with Gasteiger partial charge in [-0.3, -0.25) is 9.36 Å². The number of hydrogen-bond donors (Lipinski definition) is 3. The van der Waals surface area contributed by atoms with Gasteiger partial charge in [0.05, 0.1) is 31.3 Å². The number of nitrogens with zero attached hydrogens (tertiary/aromatic N) is 3. The summed E-state index contributed by atoms with van der Waals surface area (Å²) in [4.78, 5) is 34.2. The first-order valence-electron chi connectivity index (χ1n) is 14.7. The van der Waals surface area contributed by atoms with Crippen LogP contribution < -0.4 is 20.9 Å². The summed E-state index contributed by atoms with van der Waals surface area (Å²) < 4.78 is 33.5. The molecule has 14 heteroatoms. The molecule has 3 N–H and O–H groups in total. The maximum absolute atomic E-state index is 12.9. The second kappa shape index (κ2) is 15.8. The Bertz CT molecular complexity index is 1520. The molecular weight excluding hydrogens is 608 g/mol. The average molecular weight is 649 g/mol. The van der Waals surface area contributed by atoms with Gasteiger partial charge in [-0.25, -0.2) is 18.7 Å². The Morgan fingerprint density at radius 1 is 1.09 bits per heavy atom. The van der Waals surface area contributed by atoms with Crippen LogP contribution in [0, 0.1) is 6.92 Å². The van der Waals surface area contributed by atoms with Crippen LogP contribution in [0.15, 0.2) is 40.2 Å². The van der Waals surface area contributed by atoms with Crippen LogP contribution in [0.2, 0.25) is 5.02 Å². The standard InChI is InChI=1S/C30H41ClN6O6S/c1-20-17-23(44(40)34-12-14-42-16-15-41-13-11-32-29(39)43-30(2,3)4)9-10-25(20)35-28-33-19-21-18-24(31)27(38)37(26(21)36-28)22-7-5-6-8-22/h9-10,17-19,22,34H,5-8,11-16H2,1-4H3,(H,32,39)(H,33,35,36). The van der Waals surface area contributed by atoms with E-state index < -0.39 is 22.7 Å². The number of aryl methyl sites for hydroxylation is 1. The molecule has 2 heterocycles. The fraction of sp³-hybridized carbons (Fsp3) is 0.533. The fourth-order valence-electron chi connectivity index (χ4n) is 4.81. The normalized spacial score (nSPS) is 14.6. The predicted molar refractivity (Wildman–Crippen MR) is 171 cm³/mol. The molecule has 240 valence electrons. The number of fused-ring (bicyclic) bond motifs is 1. The number of aromatic nitrogens is 3. The monoisotopic (exact) mass is 648 g/mol. The van der Waals surface area contributed by atoms with Gasteiger partial charge in [0.15, 0.2) is 0 Å². The van der Waals surface area contributed by atoms with Gasteiger partial charge in [0.25, 0.3) is 5.56 Å². The van der Waals surface area contributed by atoms with Crippen molar-refractivity contribution in [3.8, 4) is 0 Å². The van der Waals surface area contributed by atoms with E-state index in [0.717, 1.165) is 36.9 Å². The molecule has 1 fully saturated rings. The number of hydrogen-bond acceptors (Lipinski definition) is 9. The summed E-state index contributed by atoms with van der Waals surface area (Å²) in [5, 5.41) is 6.74. The number of alkyl carbamates (subject to hydrolysis) is 1. The van der Waals surface area contributed by atoms with Gasteiger partial charge in [0.1, 0.15) is 27.3 Å². The SMILES string of the molecule is Cc1cc(S(=O)NCCOCCOCCNC(=O)OC(C)(C)C)ccc1Nc1ncc2cc(Cl)c(=O)n(C3CCCC3)c2n1. The van der Waals surface area contributed by atoms with Crippen molar-refractivity contribution in [3.05, 3.63) is 51.4 Å². The van der Waals surface area contributed by atoms with Gasteiger partial charge in [-0.1, -0.05) is 24.4 Å². The van der Waals surface area contributed by atoms with E-state index in [1.165, 1.54) is 0 Å². The molecule has 1 atom stereocenters. The first-order chi connectivity index (χ1) is 21.0. The van der Waals surface area contributed by atoms with E-state index in [-0.39, 0.29) is 16.6 Å². The van der Waals surface area contributed by atoms with Gasteiger partial charge in [-0.05, 0) is 70.4 Å². The third-order valence-corrected chi connectivity index (χ3v) is 8.26. The number of benzene rings is 1. The number of pyridine rings is 1. The largest absolute Gasteiger partial charge is 0.444 e. The number of carbonyl (C=O) groups is 1. The van der Waals surface area contributed by atoms with Crippen molar-refractivity contribution in [1.82, 2.24) is 24.6 Å². The summed E-state index contributed by atoms with van der Waals surface area (Å²) in [5.74, 6) is 0.362. The molecule has 2 aromatic heterocycles. The summed E-state index contributed by atoms with van der Waals surface area (Å²) in [6, 6.07) is 7.13. The maximum Gasteiger partial charge on any atom is 0.407 e. The molecule has 1 unspecified atom stereocenters. The Balaban J connectivity index is 1.21. The van der Waals surface area contributed by atoms with Crippen LogP contribution in [-0.2, 0) is 25.2 Å². The molecule has 0 bridgehead atoms. The Labute approximate surface area is 264 Å². The zero-order valence-electron chi connectivity index (χ0n) is 25.6. The minimum atomic E-state index is -1.42. The molecule has 12 nitrogen and oxygen atoms in total. The molecule has 0 radical (unpaired) electrons. The highest BCUT2D eigenvalue weighted by atomic mass is 35.5. The number of halogens is 1. The lowest BCUT2D eigenvalue weighted by Crippen LogP contribution is -2.34. The smallest absolute Gasteiger partial charge is 0.407 e. The predicted octanol–water partition coefficient (Wildman–Crippen LogP) is 4.78. The fourth-order valence-corrected chi connectivity index (χ4v) is 5.93. The number of amides is 1. The van der Waals surface area contributed by atoms with Crippen molar-refractivity contribution in [1.29, 1.82) is 0 Å². The zero-order valence-corrected chi connectivity index (χ0v) is 27.2. The second-order valence-corrected chi connectivity index (χ2v) is 13.2. The van der Waals surface area contributed by atoms with Gasteiger partial charge in [0, 0.05) is 36.4 Å². The van der Waals surface area contributed by atoms with Crippen LogP contribution in [0.25, 0.3) is 11.0 Å². The van der Waals surface area contributed by atoms with Crippen molar-refractivity contribution in [2.24, 2.45) is 0 Å². The van der Waals surface area contributed by atoms with E-state index in [1.807, 2.05) is 19.1 Å². The summed E-state index contributed by atoms with van der Waals surface area (Å²) in [6.45, 7) is 9.51. The molecule has 1 saturated carbocycles. The minimum Gasteiger partial charge on any atom is -0.444 e. The topological polar surface area (TPSA) is 146 Å². The summed E-state index contributed by atoms with van der Waals surface area (Å²) in [6.07, 6.45) is 5.18. The molecule has 0 saturated heterocycles. The molecule has 1 amide bonds. The van der Waals surface area contributed by atoms with Crippen molar-refractivity contribution in [2.75, 3.05) is 44.8 Å². The van der Waals surface area contributed by atoms with Gasteiger partial charge in [-0.2, -0.15) is 4.98 Å². The van der Waals surface area contributed by atoms with Crippen molar-refractivity contribution < 1.29 is 23.2 Å². The minimum absolute atomic E-state index is 0.0773. The maximum atomic E-state index is 12.9. The molecular formula is C30H41ClN6O6S. The lowest BCUT2D eigenvalue weighted by molar-refractivity contribution is 0.0408. The number of anilines is 2. The van der Waals surface area contributed by atoms with E-state index in [0.29, 0.717) is 61.4 Å². The molecule has 1 aliphatic rings. The number of nitrogens with one attached hydrogen (secondary N) is 3. The molecule has 44 heavy (non-hydrogen) atoms. The first kappa shape index (κ1) is 33.8. The average Bonchev–Trinajstić information content (AvgIpc) is 3.49. The number of rotatable bonds is 14. The summed E-state index contributed by atoms with van der Waals surface area (Å²) in [7, 11) is -1.42. The van der Waals surface area contributed by atoms with Crippen LogP contribution in [0.4, 0.5) is 16.4 Å². The Morgan fingerprint density at radius 2 is 1.80 bits per heavy atom. The van der Waals surface area contributed by atoms with E-state index in [4.69, 9.17) is 25.8 Å². The Morgan fingerprint density at radius 3 is 2.48 bits per heavy atom. The van der Waals surface area contributed by atoms with Crippen LogP contribution in [0.5, 0.6) is 0 Å². The van der Waals surface area contributed by atoms with Crippen molar-refractivity contribution in [2.45, 2.75) is 69.9 Å². The molecule has 1 aromatic carbocycles. The lowest BCUT2D eigenvalue weighted by atomic mass is 10.2. The quantitative estimate of drug-likeness (QED) is 0.210. The zero-order chi connectivity index (χ0) is 31.7. The molecule has 4 rings (SSSR count). The van der Waals surface area contributed by atoms with E-state index in [1.54, 1.807) is 43.7 Å². The van der Waals surface area contributed by atoms with E-state index >= 15 is 0 Å². The number of carbonyl (C=O) groups excluding carboxylic acids is 1. The highest BCUT2D eigenvalue weighted by Gasteiger charge is 2.22. The Hall–Kier alpha value is -3.10. The van der Waals surface area contributed by atoms with Crippen LogP contribution >= 0.6 is 11.6 Å². The van der Waals surface area contributed by atoms with E-state index in [9.17, 15) is 13.8 Å². The van der Waals surface area contributed by atoms with Crippen LogP contribution in [0.1, 0.15) is 58.1 Å². The molecule has 3 aromatic rings. The van der Waals surface area contributed by atoms with Gasteiger partial charge < -0.3 is 24.8 Å². The molecule has 0 aliphatic heterocycles. The van der Waals surface area contributed by atoms with Crippen molar-refractivity contribution >= 4 is 51.3 Å². The highest BCUT2D eigenvalue weighted by Crippen LogP contribution is 2.31. The van der Waals surface area contributed by atoms with Crippen LogP contribution in [0.3, 0.4) is 0 Å². The highest BCUT2D eigenvalue weighted by molar-refractivity contribution is 7.83. The lowest BCUT2D eigenvalue weighted by Gasteiger charge is -2.19. The van der Waals surface area contributed by atoms with Gasteiger partial charge in [-0.15, -0.1) is 0 Å².